The third-order valence-corrected chi connectivity index (χ3v) is 4.91. The van der Waals surface area contributed by atoms with Crippen LogP contribution in [0, 0.1) is 11.8 Å². The summed E-state index contributed by atoms with van der Waals surface area (Å²) in [5, 5.41) is 3.56. The fourth-order valence-corrected chi connectivity index (χ4v) is 3.52. The molecule has 0 aliphatic heterocycles. The van der Waals surface area contributed by atoms with Crippen LogP contribution in [0.1, 0.15) is 44.6 Å². The van der Waals surface area contributed by atoms with Crippen LogP contribution in [0.2, 0.25) is 0 Å². The first-order chi connectivity index (χ1) is 9.29. The van der Waals surface area contributed by atoms with Gasteiger partial charge in [-0.2, -0.15) is 0 Å². The van der Waals surface area contributed by atoms with Gasteiger partial charge in [0.05, 0.1) is 0 Å². The number of benzene rings is 1. The maximum absolute atomic E-state index is 3.56. The molecule has 1 nitrogen and oxygen atoms in total. The number of hydrogen-bond acceptors (Lipinski definition) is 1. The highest BCUT2D eigenvalue weighted by Gasteiger charge is 2.23. The van der Waals surface area contributed by atoms with Crippen LogP contribution in [0.15, 0.2) is 28.7 Å². The Morgan fingerprint density at radius 1 is 1.05 bits per heavy atom. The van der Waals surface area contributed by atoms with Crippen molar-refractivity contribution in [3.63, 3.8) is 0 Å². The van der Waals surface area contributed by atoms with Crippen molar-refractivity contribution < 1.29 is 0 Å². The Morgan fingerprint density at radius 2 is 1.74 bits per heavy atom. The fraction of sp³-hybridized carbons (Fsp3) is 0.647. The Hall–Kier alpha value is -0.340. The summed E-state index contributed by atoms with van der Waals surface area (Å²) in [7, 11) is 0. The van der Waals surface area contributed by atoms with Gasteiger partial charge in [0.2, 0.25) is 0 Å². The third-order valence-electron chi connectivity index (χ3n) is 4.38. The van der Waals surface area contributed by atoms with Crippen LogP contribution in [0.5, 0.6) is 0 Å². The molecule has 0 heterocycles. The van der Waals surface area contributed by atoms with Crippen molar-refractivity contribution in [2.75, 3.05) is 13.1 Å². The van der Waals surface area contributed by atoms with E-state index in [2.05, 4.69) is 52.4 Å². The average molecular weight is 324 g/mol. The molecule has 0 aromatic heterocycles. The van der Waals surface area contributed by atoms with E-state index in [1.54, 1.807) is 0 Å². The minimum atomic E-state index is 0.864. The first kappa shape index (κ1) is 15.1. The Morgan fingerprint density at radius 3 is 2.42 bits per heavy atom. The molecule has 1 saturated carbocycles. The fourth-order valence-electron chi connectivity index (χ4n) is 3.25. The molecular weight excluding hydrogens is 298 g/mol. The van der Waals surface area contributed by atoms with E-state index in [1.165, 1.54) is 55.1 Å². The monoisotopic (exact) mass is 323 g/mol. The lowest BCUT2D eigenvalue weighted by molar-refractivity contribution is 0.299. The molecule has 2 atom stereocenters. The Bertz CT molecular complexity index is 360. The molecule has 1 fully saturated rings. The predicted octanol–water partition coefficient (Wildman–Crippen LogP) is 4.80. The molecule has 19 heavy (non-hydrogen) atoms. The van der Waals surface area contributed by atoms with Gasteiger partial charge in [0.15, 0.2) is 0 Å². The van der Waals surface area contributed by atoms with E-state index in [4.69, 9.17) is 0 Å². The van der Waals surface area contributed by atoms with Crippen molar-refractivity contribution in [3.05, 3.63) is 34.3 Å². The van der Waals surface area contributed by atoms with E-state index in [0.29, 0.717) is 0 Å². The molecule has 106 valence electrons. The maximum atomic E-state index is 3.56. The summed E-state index contributed by atoms with van der Waals surface area (Å²) < 4.78 is 1.18. The molecule has 0 spiro atoms. The molecule has 2 unspecified atom stereocenters. The van der Waals surface area contributed by atoms with E-state index in [9.17, 15) is 0 Å². The number of hydrogen-bond donors (Lipinski definition) is 1. The highest BCUT2D eigenvalue weighted by molar-refractivity contribution is 9.10. The van der Waals surface area contributed by atoms with Crippen molar-refractivity contribution in [1.82, 2.24) is 5.32 Å². The van der Waals surface area contributed by atoms with E-state index in [0.717, 1.165) is 18.4 Å². The zero-order chi connectivity index (χ0) is 13.5. The van der Waals surface area contributed by atoms with E-state index >= 15 is 0 Å². The normalized spacial score (nSPS) is 24.1. The molecule has 0 amide bonds. The summed E-state index contributed by atoms with van der Waals surface area (Å²) in [4.78, 5) is 0. The van der Waals surface area contributed by atoms with Gasteiger partial charge in [0, 0.05) is 4.47 Å². The molecule has 1 aliphatic rings. The van der Waals surface area contributed by atoms with Crippen LogP contribution >= 0.6 is 15.9 Å². The summed E-state index contributed by atoms with van der Waals surface area (Å²) in [5.74, 6) is 1.73. The molecule has 0 radical (unpaired) electrons. The van der Waals surface area contributed by atoms with Crippen LogP contribution in [0.25, 0.3) is 0 Å². The second-order valence-corrected chi connectivity index (χ2v) is 6.71. The standard InChI is InChI=1S/C17H26BrN/c1-2-19-13-16-7-5-3-4-6-15(16)12-14-8-10-17(18)11-9-14/h8-11,15-16,19H,2-7,12-13H2,1H3. The lowest BCUT2D eigenvalue weighted by atomic mass is 9.83. The lowest BCUT2D eigenvalue weighted by Crippen LogP contribution is -2.28. The van der Waals surface area contributed by atoms with Gasteiger partial charge in [-0.15, -0.1) is 0 Å². The molecule has 0 saturated heterocycles. The van der Waals surface area contributed by atoms with Crippen molar-refractivity contribution in [2.45, 2.75) is 45.4 Å². The first-order valence-corrected chi connectivity index (χ1v) is 8.54. The first-order valence-electron chi connectivity index (χ1n) is 7.74. The van der Waals surface area contributed by atoms with Crippen LogP contribution < -0.4 is 5.32 Å². The number of halogens is 1. The number of rotatable bonds is 5. The minimum absolute atomic E-state index is 0.864. The highest BCUT2D eigenvalue weighted by atomic mass is 79.9. The van der Waals surface area contributed by atoms with Crippen LogP contribution in [-0.4, -0.2) is 13.1 Å². The average Bonchev–Trinajstić information content (AvgIpc) is 2.64. The van der Waals surface area contributed by atoms with Gasteiger partial charge in [0.25, 0.3) is 0 Å². The van der Waals surface area contributed by atoms with E-state index in [1.807, 2.05) is 0 Å². The third kappa shape index (κ3) is 4.92. The molecule has 2 heteroatoms. The van der Waals surface area contributed by atoms with Crippen LogP contribution in [-0.2, 0) is 6.42 Å². The van der Waals surface area contributed by atoms with Crippen molar-refractivity contribution in [1.29, 1.82) is 0 Å². The van der Waals surface area contributed by atoms with Crippen LogP contribution in [0.3, 0.4) is 0 Å². The molecule has 1 aromatic carbocycles. The minimum Gasteiger partial charge on any atom is -0.317 e. The molecule has 1 N–H and O–H groups in total. The van der Waals surface area contributed by atoms with Gasteiger partial charge in [-0.1, -0.05) is 54.2 Å². The predicted molar refractivity (Wildman–Crippen MR) is 86.5 cm³/mol. The zero-order valence-corrected chi connectivity index (χ0v) is 13.6. The summed E-state index contributed by atoms with van der Waals surface area (Å²) in [6.07, 6.45) is 8.35. The summed E-state index contributed by atoms with van der Waals surface area (Å²) in [6.45, 7) is 4.51. The van der Waals surface area contributed by atoms with Gasteiger partial charge in [0.1, 0.15) is 0 Å². The maximum Gasteiger partial charge on any atom is 0.0175 e. The largest absolute Gasteiger partial charge is 0.317 e. The smallest absolute Gasteiger partial charge is 0.0175 e. The highest BCUT2D eigenvalue weighted by Crippen LogP contribution is 2.31. The van der Waals surface area contributed by atoms with Crippen LogP contribution in [0.4, 0.5) is 0 Å². The zero-order valence-electron chi connectivity index (χ0n) is 12.0. The van der Waals surface area contributed by atoms with Gasteiger partial charge in [-0.25, -0.2) is 0 Å². The topological polar surface area (TPSA) is 12.0 Å². The SMILES string of the molecule is CCNCC1CCCCCC1Cc1ccc(Br)cc1. The van der Waals surface area contributed by atoms with Crippen molar-refractivity contribution >= 4 is 15.9 Å². The Kier molecular flexibility index (Phi) is 6.39. The number of nitrogens with one attached hydrogen (secondary N) is 1. The van der Waals surface area contributed by atoms with Gasteiger partial charge in [-0.05, 0) is 61.9 Å². The van der Waals surface area contributed by atoms with Gasteiger partial charge in [-0.3, -0.25) is 0 Å². The molecular formula is C17H26BrN. The Labute approximate surface area is 126 Å². The molecule has 1 aliphatic carbocycles. The second kappa shape index (κ2) is 8.06. The quantitative estimate of drug-likeness (QED) is 0.767. The van der Waals surface area contributed by atoms with Crippen molar-refractivity contribution in [2.24, 2.45) is 11.8 Å². The molecule has 0 bridgehead atoms. The van der Waals surface area contributed by atoms with Gasteiger partial charge >= 0.3 is 0 Å². The summed E-state index contributed by atoms with van der Waals surface area (Å²) in [5.41, 5.74) is 1.50. The second-order valence-electron chi connectivity index (χ2n) is 5.80. The van der Waals surface area contributed by atoms with Crippen molar-refractivity contribution in [3.8, 4) is 0 Å². The molecule has 2 rings (SSSR count). The summed E-state index contributed by atoms with van der Waals surface area (Å²) >= 11 is 3.52. The Balaban J connectivity index is 1.98. The van der Waals surface area contributed by atoms with E-state index in [-0.39, 0.29) is 0 Å². The van der Waals surface area contributed by atoms with E-state index < -0.39 is 0 Å². The summed E-state index contributed by atoms with van der Waals surface area (Å²) in [6, 6.07) is 8.90. The van der Waals surface area contributed by atoms with Gasteiger partial charge < -0.3 is 5.32 Å². The molecule has 1 aromatic rings. The lowest BCUT2D eigenvalue weighted by Gasteiger charge is -2.25.